The lowest BCUT2D eigenvalue weighted by molar-refractivity contribution is 0.406. The van der Waals surface area contributed by atoms with Gasteiger partial charge in [0.2, 0.25) is 0 Å². The van der Waals surface area contributed by atoms with Crippen LogP contribution in [0.3, 0.4) is 0 Å². The maximum atomic E-state index is 3.71. The number of benzene rings is 2. The van der Waals surface area contributed by atoms with Crippen molar-refractivity contribution in [3.05, 3.63) is 70.8 Å². The van der Waals surface area contributed by atoms with Crippen molar-refractivity contribution >= 4 is 0 Å². The molecule has 1 aliphatic rings. The SMILES string of the molecule is CC(C)(NCCc1ccccc1)c1ccc2c(c1)CCC2. The molecule has 1 N–H and O–H groups in total. The minimum Gasteiger partial charge on any atom is -0.307 e. The fourth-order valence-corrected chi connectivity index (χ4v) is 3.23. The topological polar surface area (TPSA) is 12.0 Å². The smallest absolute Gasteiger partial charge is 0.0377 e. The Hall–Kier alpha value is -1.60. The van der Waals surface area contributed by atoms with Crippen LogP contribution in [0.15, 0.2) is 48.5 Å². The van der Waals surface area contributed by atoms with Gasteiger partial charge in [0.1, 0.15) is 0 Å². The van der Waals surface area contributed by atoms with E-state index in [4.69, 9.17) is 0 Å². The van der Waals surface area contributed by atoms with Gasteiger partial charge in [-0.3, -0.25) is 0 Å². The Kier molecular flexibility index (Phi) is 4.12. The van der Waals surface area contributed by atoms with Gasteiger partial charge in [-0.2, -0.15) is 0 Å². The summed E-state index contributed by atoms with van der Waals surface area (Å²) in [6, 6.07) is 17.7. The van der Waals surface area contributed by atoms with Crippen LogP contribution in [0.25, 0.3) is 0 Å². The first-order valence-corrected chi connectivity index (χ1v) is 8.06. The molecule has 2 aromatic rings. The fourth-order valence-electron chi connectivity index (χ4n) is 3.23. The van der Waals surface area contributed by atoms with Crippen molar-refractivity contribution < 1.29 is 0 Å². The quantitative estimate of drug-likeness (QED) is 0.863. The lowest BCUT2D eigenvalue weighted by Gasteiger charge is -2.28. The number of hydrogen-bond donors (Lipinski definition) is 1. The first-order valence-electron chi connectivity index (χ1n) is 8.06. The third-order valence-corrected chi connectivity index (χ3v) is 4.64. The molecule has 0 aromatic heterocycles. The van der Waals surface area contributed by atoms with E-state index in [1.165, 1.54) is 30.4 Å². The van der Waals surface area contributed by atoms with Crippen molar-refractivity contribution in [2.75, 3.05) is 6.54 Å². The van der Waals surface area contributed by atoms with Crippen LogP contribution < -0.4 is 5.32 Å². The van der Waals surface area contributed by atoms with E-state index in [1.807, 2.05) is 0 Å². The molecule has 0 aliphatic heterocycles. The van der Waals surface area contributed by atoms with Crippen LogP contribution in [0.5, 0.6) is 0 Å². The monoisotopic (exact) mass is 279 g/mol. The second-order valence-corrected chi connectivity index (χ2v) is 6.62. The van der Waals surface area contributed by atoms with Gasteiger partial charge in [-0.25, -0.2) is 0 Å². The normalized spacial score (nSPS) is 14.2. The van der Waals surface area contributed by atoms with E-state index in [0.29, 0.717) is 0 Å². The first-order chi connectivity index (χ1) is 10.1. The minimum absolute atomic E-state index is 0.0341. The zero-order valence-electron chi connectivity index (χ0n) is 13.2. The van der Waals surface area contributed by atoms with Gasteiger partial charge in [-0.05, 0) is 68.3 Å². The van der Waals surface area contributed by atoms with Crippen LogP contribution in [0.2, 0.25) is 0 Å². The van der Waals surface area contributed by atoms with E-state index in [2.05, 4.69) is 67.7 Å². The van der Waals surface area contributed by atoms with Gasteiger partial charge < -0.3 is 5.32 Å². The molecule has 0 saturated heterocycles. The molecule has 2 aromatic carbocycles. The van der Waals surface area contributed by atoms with E-state index < -0.39 is 0 Å². The molecule has 0 heterocycles. The third-order valence-electron chi connectivity index (χ3n) is 4.64. The average molecular weight is 279 g/mol. The van der Waals surface area contributed by atoms with E-state index >= 15 is 0 Å². The highest BCUT2D eigenvalue weighted by molar-refractivity contribution is 5.37. The van der Waals surface area contributed by atoms with Crippen LogP contribution in [0.1, 0.15) is 42.5 Å². The molecule has 0 bridgehead atoms. The van der Waals surface area contributed by atoms with Crippen molar-refractivity contribution in [3.63, 3.8) is 0 Å². The predicted octanol–water partition coefficient (Wildman–Crippen LogP) is 4.24. The zero-order valence-corrected chi connectivity index (χ0v) is 13.2. The van der Waals surface area contributed by atoms with Gasteiger partial charge in [-0.15, -0.1) is 0 Å². The summed E-state index contributed by atoms with van der Waals surface area (Å²) in [6.45, 7) is 5.58. The molecule has 110 valence electrons. The Morgan fingerprint density at radius 3 is 2.52 bits per heavy atom. The molecule has 1 aliphatic carbocycles. The van der Waals surface area contributed by atoms with Crippen molar-refractivity contribution in [1.29, 1.82) is 0 Å². The maximum Gasteiger partial charge on any atom is 0.0377 e. The van der Waals surface area contributed by atoms with E-state index in [1.54, 1.807) is 11.1 Å². The summed E-state index contributed by atoms with van der Waals surface area (Å²) in [4.78, 5) is 0. The van der Waals surface area contributed by atoms with Gasteiger partial charge in [0.25, 0.3) is 0 Å². The van der Waals surface area contributed by atoms with E-state index in [9.17, 15) is 0 Å². The summed E-state index contributed by atoms with van der Waals surface area (Å²) in [5.41, 5.74) is 5.96. The Morgan fingerprint density at radius 2 is 1.71 bits per heavy atom. The molecule has 0 unspecified atom stereocenters. The average Bonchev–Trinajstić information content (AvgIpc) is 2.95. The molecule has 1 heteroatoms. The Labute approximate surface area is 128 Å². The molecule has 1 nitrogen and oxygen atoms in total. The molecule has 0 spiro atoms. The van der Waals surface area contributed by atoms with Crippen molar-refractivity contribution in [3.8, 4) is 0 Å². The highest BCUT2D eigenvalue weighted by Crippen LogP contribution is 2.28. The molecule has 0 radical (unpaired) electrons. The number of fused-ring (bicyclic) bond motifs is 1. The second-order valence-electron chi connectivity index (χ2n) is 6.62. The van der Waals surface area contributed by atoms with Gasteiger partial charge in [0.05, 0.1) is 0 Å². The Balaban J connectivity index is 1.63. The third kappa shape index (κ3) is 3.36. The van der Waals surface area contributed by atoms with Crippen molar-refractivity contribution in [1.82, 2.24) is 5.32 Å². The predicted molar refractivity (Wildman–Crippen MR) is 89.6 cm³/mol. The zero-order chi connectivity index (χ0) is 14.7. The highest BCUT2D eigenvalue weighted by atomic mass is 14.9. The summed E-state index contributed by atoms with van der Waals surface area (Å²) >= 11 is 0. The lowest BCUT2D eigenvalue weighted by atomic mass is 9.91. The summed E-state index contributed by atoms with van der Waals surface area (Å²) in [6.07, 6.45) is 4.91. The summed E-state index contributed by atoms with van der Waals surface area (Å²) in [5.74, 6) is 0. The molecular formula is C20H25N. The largest absolute Gasteiger partial charge is 0.307 e. The summed E-state index contributed by atoms with van der Waals surface area (Å²) in [7, 11) is 0. The van der Waals surface area contributed by atoms with Gasteiger partial charge in [0.15, 0.2) is 0 Å². The second kappa shape index (κ2) is 6.03. The Morgan fingerprint density at radius 1 is 0.952 bits per heavy atom. The fraction of sp³-hybridized carbons (Fsp3) is 0.400. The maximum absolute atomic E-state index is 3.71. The van der Waals surface area contributed by atoms with Crippen LogP contribution in [0, 0.1) is 0 Å². The minimum atomic E-state index is 0.0341. The van der Waals surface area contributed by atoms with Crippen LogP contribution >= 0.6 is 0 Å². The van der Waals surface area contributed by atoms with E-state index in [0.717, 1.165) is 13.0 Å². The lowest BCUT2D eigenvalue weighted by Crippen LogP contribution is -2.37. The summed E-state index contributed by atoms with van der Waals surface area (Å²) in [5, 5.41) is 3.71. The van der Waals surface area contributed by atoms with E-state index in [-0.39, 0.29) is 5.54 Å². The highest BCUT2D eigenvalue weighted by Gasteiger charge is 2.21. The molecular weight excluding hydrogens is 254 g/mol. The summed E-state index contributed by atoms with van der Waals surface area (Å²) < 4.78 is 0. The number of hydrogen-bond acceptors (Lipinski definition) is 1. The first kappa shape index (κ1) is 14.3. The number of aryl methyl sites for hydroxylation is 2. The number of rotatable bonds is 5. The van der Waals surface area contributed by atoms with Gasteiger partial charge in [0, 0.05) is 5.54 Å². The van der Waals surface area contributed by atoms with Gasteiger partial charge in [-0.1, -0.05) is 48.5 Å². The Bertz CT molecular complexity index is 598. The van der Waals surface area contributed by atoms with Gasteiger partial charge >= 0.3 is 0 Å². The van der Waals surface area contributed by atoms with Crippen LogP contribution in [-0.2, 0) is 24.8 Å². The molecule has 3 rings (SSSR count). The standard InChI is InChI=1S/C20H25N/c1-20(2,21-14-13-16-7-4-3-5-8-16)19-12-11-17-9-6-10-18(17)15-19/h3-5,7-8,11-12,15,21H,6,9-10,13-14H2,1-2H3. The molecule has 0 amide bonds. The van der Waals surface area contributed by atoms with Crippen LogP contribution in [-0.4, -0.2) is 6.54 Å². The van der Waals surface area contributed by atoms with Crippen molar-refractivity contribution in [2.24, 2.45) is 0 Å². The molecule has 21 heavy (non-hydrogen) atoms. The van der Waals surface area contributed by atoms with Crippen molar-refractivity contribution in [2.45, 2.75) is 45.1 Å². The molecule has 0 saturated carbocycles. The number of nitrogens with one attached hydrogen (secondary N) is 1. The molecule has 0 atom stereocenters. The molecule has 0 fully saturated rings. The van der Waals surface area contributed by atoms with Crippen LogP contribution in [0.4, 0.5) is 0 Å².